The molecule has 0 amide bonds. The second-order valence-corrected chi connectivity index (χ2v) is 12.1. The molecule has 4 aliphatic carbocycles. The third-order valence-electron chi connectivity index (χ3n) is 10.9. The molecule has 4 nitrogen and oxygen atoms in total. The summed E-state index contributed by atoms with van der Waals surface area (Å²) in [6.07, 6.45) is 8.98. The summed E-state index contributed by atoms with van der Waals surface area (Å²) in [6.45, 7) is 9.50. The van der Waals surface area contributed by atoms with Crippen LogP contribution in [0.1, 0.15) is 91.9 Å². The Kier molecular flexibility index (Phi) is 5.38. The van der Waals surface area contributed by atoms with E-state index in [0.717, 1.165) is 32.1 Å². The van der Waals surface area contributed by atoms with Gasteiger partial charge in [0.1, 0.15) is 0 Å². The predicted molar refractivity (Wildman–Crippen MR) is 113 cm³/mol. The third-order valence-corrected chi connectivity index (χ3v) is 10.9. The molecule has 0 spiro atoms. The molecule has 166 valence electrons. The van der Waals surface area contributed by atoms with Gasteiger partial charge in [-0.05, 0) is 104 Å². The zero-order valence-electron chi connectivity index (χ0n) is 18.9. The molecule has 4 saturated carbocycles. The summed E-state index contributed by atoms with van der Waals surface area (Å²) >= 11 is 0. The molecule has 29 heavy (non-hydrogen) atoms. The summed E-state index contributed by atoms with van der Waals surface area (Å²) < 4.78 is 0. The first-order valence-electron chi connectivity index (χ1n) is 12.1. The van der Waals surface area contributed by atoms with Crippen molar-refractivity contribution in [1.29, 1.82) is 0 Å². The van der Waals surface area contributed by atoms with Crippen LogP contribution in [0, 0.1) is 45.8 Å². The van der Waals surface area contributed by atoms with Crippen LogP contribution < -0.4 is 0 Å². The summed E-state index contributed by atoms with van der Waals surface area (Å²) in [7, 11) is 0. The first-order chi connectivity index (χ1) is 13.5. The van der Waals surface area contributed by atoms with Gasteiger partial charge in [-0.2, -0.15) is 0 Å². The number of aliphatic carboxylic acids is 1. The lowest BCUT2D eigenvalue weighted by molar-refractivity contribution is -0.210. The number of fused-ring (bicyclic) bond motifs is 5. The molecule has 0 aliphatic heterocycles. The van der Waals surface area contributed by atoms with Crippen molar-refractivity contribution in [2.24, 2.45) is 45.8 Å². The van der Waals surface area contributed by atoms with E-state index in [2.05, 4.69) is 27.7 Å². The lowest BCUT2D eigenvalue weighted by atomic mass is 9.39. The van der Waals surface area contributed by atoms with E-state index < -0.39 is 5.97 Å². The van der Waals surface area contributed by atoms with Crippen LogP contribution >= 0.6 is 0 Å². The standard InChI is InChI=1S/C25H42O4/c1-15(5-8-21(28)29)17-6-7-18-22-19(10-11-24(17,18)3)25(4)12-9-16(26)13-23(25,2)14-20(22)27/h15-20,22,26-27H,5-14H2,1-4H3,(H,28,29)/t15-,16-,17-,18+,19+,20-,22+,23+,24-,25-/m1/s1. The largest absolute Gasteiger partial charge is 0.481 e. The van der Waals surface area contributed by atoms with Crippen molar-refractivity contribution < 1.29 is 20.1 Å². The summed E-state index contributed by atoms with van der Waals surface area (Å²) in [5, 5.41) is 30.9. The second-order valence-electron chi connectivity index (χ2n) is 12.1. The molecule has 0 aromatic rings. The van der Waals surface area contributed by atoms with Crippen molar-refractivity contribution in [3.05, 3.63) is 0 Å². The van der Waals surface area contributed by atoms with Gasteiger partial charge in [0.05, 0.1) is 12.2 Å². The molecule has 0 radical (unpaired) electrons. The highest BCUT2D eigenvalue weighted by Gasteiger charge is 2.65. The molecule has 4 fully saturated rings. The number of hydrogen-bond acceptors (Lipinski definition) is 3. The van der Waals surface area contributed by atoms with Gasteiger partial charge in [-0.25, -0.2) is 0 Å². The first-order valence-corrected chi connectivity index (χ1v) is 12.1. The van der Waals surface area contributed by atoms with E-state index in [9.17, 15) is 15.0 Å². The number of hydrogen-bond donors (Lipinski definition) is 3. The lowest BCUT2D eigenvalue weighted by Crippen LogP contribution is -2.62. The van der Waals surface area contributed by atoms with Gasteiger partial charge in [0.15, 0.2) is 0 Å². The van der Waals surface area contributed by atoms with Crippen molar-refractivity contribution in [2.75, 3.05) is 0 Å². The van der Waals surface area contributed by atoms with E-state index in [0.29, 0.717) is 29.6 Å². The molecule has 4 heteroatoms. The average Bonchev–Trinajstić information content (AvgIpc) is 2.98. The highest BCUT2D eigenvalue weighted by Crippen LogP contribution is 2.71. The Morgan fingerprint density at radius 3 is 2.41 bits per heavy atom. The Bertz CT molecular complexity index is 649. The molecule has 0 aromatic heterocycles. The fourth-order valence-electron chi connectivity index (χ4n) is 9.17. The maximum Gasteiger partial charge on any atom is 0.303 e. The Labute approximate surface area is 176 Å². The van der Waals surface area contributed by atoms with Crippen LogP contribution in [-0.4, -0.2) is 33.5 Å². The number of aliphatic hydroxyl groups excluding tert-OH is 2. The average molecular weight is 407 g/mol. The molecule has 0 heterocycles. The SMILES string of the molecule is C[C@H](CCC(=O)O)[C@H]1CC[C@H]2[C@@H]3[C@H](O)C[C@]4(C)C[C@H](O)CC[C@]4(C)[C@H]3CC[C@]12C. The van der Waals surface area contributed by atoms with E-state index in [-0.39, 0.29) is 34.9 Å². The topological polar surface area (TPSA) is 77.8 Å². The lowest BCUT2D eigenvalue weighted by Gasteiger charge is -2.66. The summed E-state index contributed by atoms with van der Waals surface area (Å²) in [5.74, 6) is 1.81. The van der Waals surface area contributed by atoms with Gasteiger partial charge in [0.2, 0.25) is 0 Å². The molecule has 4 rings (SSSR count). The van der Waals surface area contributed by atoms with Crippen molar-refractivity contribution >= 4 is 5.97 Å². The van der Waals surface area contributed by atoms with Gasteiger partial charge >= 0.3 is 5.97 Å². The van der Waals surface area contributed by atoms with Crippen LogP contribution in [0.15, 0.2) is 0 Å². The second kappa shape index (κ2) is 7.22. The van der Waals surface area contributed by atoms with Crippen molar-refractivity contribution in [2.45, 2.75) is 104 Å². The normalized spacial score (nSPS) is 52.9. The van der Waals surface area contributed by atoms with Crippen molar-refractivity contribution in [3.63, 3.8) is 0 Å². The van der Waals surface area contributed by atoms with Gasteiger partial charge < -0.3 is 15.3 Å². The maximum absolute atomic E-state index is 11.4. The molecular weight excluding hydrogens is 364 g/mol. The van der Waals surface area contributed by atoms with E-state index in [1.165, 1.54) is 25.7 Å². The number of aliphatic hydroxyl groups is 2. The smallest absolute Gasteiger partial charge is 0.303 e. The number of rotatable bonds is 4. The number of carboxylic acid groups (broad SMARTS) is 1. The van der Waals surface area contributed by atoms with Gasteiger partial charge in [-0.3, -0.25) is 4.79 Å². The molecule has 4 aliphatic rings. The Morgan fingerprint density at radius 1 is 1.00 bits per heavy atom. The minimum atomic E-state index is -0.686. The van der Waals surface area contributed by atoms with Crippen LogP contribution in [0.5, 0.6) is 0 Å². The molecule has 0 aromatic carbocycles. The molecule has 0 saturated heterocycles. The van der Waals surface area contributed by atoms with E-state index in [4.69, 9.17) is 5.11 Å². The molecular formula is C25H42O4. The predicted octanol–water partition coefficient (Wildman–Crippen LogP) is 4.87. The third kappa shape index (κ3) is 3.19. The van der Waals surface area contributed by atoms with Crippen LogP contribution in [0.4, 0.5) is 0 Å². The van der Waals surface area contributed by atoms with Crippen LogP contribution in [0.2, 0.25) is 0 Å². The van der Waals surface area contributed by atoms with Gasteiger partial charge in [0, 0.05) is 6.42 Å². The summed E-state index contributed by atoms with van der Waals surface area (Å²) in [6, 6.07) is 0. The van der Waals surface area contributed by atoms with E-state index in [1.54, 1.807) is 0 Å². The molecule has 0 bridgehead atoms. The molecule has 10 atom stereocenters. The fourth-order valence-corrected chi connectivity index (χ4v) is 9.17. The minimum Gasteiger partial charge on any atom is -0.481 e. The van der Waals surface area contributed by atoms with Crippen LogP contribution in [-0.2, 0) is 4.79 Å². The van der Waals surface area contributed by atoms with Crippen LogP contribution in [0.3, 0.4) is 0 Å². The monoisotopic (exact) mass is 406 g/mol. The zero-order chi connectivity index (χ0) is 21.2. The maximum atomic E-state index is 11.4. The summed E-state index contributed by atoms with van der Waals surface area (Å²) in [5.41, 5.74) is 0.481. The molecule has 3 N–H and O–H groups in total. The van der Waals surface area contributed by atoms with Crippen LogP contribution in [0.25, 0.3) is 0 Å². The number of carboxylic acids is 1. The Balaban J connectivity index is 1.59. The first kappa shape index (κ1) is 21.6. The van der Waals surface area contributed by atoms with E-state index >= 15 is 0 Å². The Morgan fingerprint density at radius 2 is 1.72 bits per heavy atom. The zero-order valence-corrected chi connectivity index (χ0v) is 18.9. The Hall–Kier alpha value is -0.610. The fraction of sp³-hybridized carbons (Fsp3) is 0.960. The highest BCUT2D eigenvalue weighted by atomic mass is 16.4. The molecule has 0 unspecified atom stereocenters. The van der Waals surface area contributed by atoms with Gasteiger partial charge in [-0.15, -0.1) is 0 Å². The van der Waals surface area contributed by atoms with Gasteiger partial charge in [0.25, 0.3) is 0 Å². The van der Waals surface area contributed by atoms with Crippen molar-refractivity contribution in [3.8, 4) is 0 Å². The van der Waals surface area contributed by atoms with E-state index in [1.807, 2.05) is 0 Å². The number of carbonyl (C=O) groups is 1. The minimum absolute atomic E-state index is 0.0335. The highest BCUT2D eigenvalue weighted by molar-refractivity contribution is 5.66. The van der Waals surface area contributed by atoms with Gasteiger partial charge in [-0.1, -0.05) is 27.7 Å². The quantitative estimate of drug-likeness (QED) is 0.622. The summed E-state index contributed by atoms with van der Waals surface area (Å²) in [4.78, 5) is 11.1. The van der Waals surface area contributed by atoms with Crippen molar-refractivity contribution in [1.82, 2.24) is 0 Å².